The van der Waals surface area contributed by atoms with Crippen LogP contribution < -0.4 is 21.3 Å². The minimum Gasteiger partial charge on any atom is -0.477 e. The Balaban J connectivity index is 1.00. The van der Waals surface area contributed by atoms with E-state index >= 15 is 0 Å². The number of carbonyl (C=O) groups excluding carboxylic acids is 4. The lowest BCUT2D eigenvalue weighted by molar-refractivity contribution is -0.387. The first-order valence-corrected chi connectivity index (χ1v) is 46.1. The van der Waals surface area contributed by atoms with Gasteiger partial charge in [0.25, 0.3) is 5.79 Å². The van der Waals surface area contributed by atoms with Gasteiger partial charge in [0.05, 0.1) is 77.1 Å². The number of amides is 4. The molecule has 38 atom stereocenters. The number of rotatable bonds is 57. The Labute approximate surface area is 756 Å². The molecule has 45 heteroatoms. The predicted octanol–water partition coefficient (Wildman–Crippen LogP) is -6.03. The van der Waals surface area contributed by atoms with Gasteiger partial charge in [0.1, 0.15) is 165 Å². The second kappa shape index (κ2) is 57.2. The lowest BCUT2D eigenvalue weighted by Gasteiger charge is -2.51. The third-order valence-electron chi connectivity index (χ3n) is 24.7. The minimum atomic E-state index is -3.03. The van der Waals surface area contributed by atoms with Crippen molar-refractivity contribution in [3.8, 4) is 0 Å². The number of aliphatic hydroxyl groups excluding tert-OH is 21. The summed E-state index contributed by atoms with van der Waals surface area (Å²) < 4.78 is 82.7. The van der Waals surface area contributed by atoms with E-state index in [0.29, 0.717) is 12.8 Å². The molecule has 0 radical (unpaired) electrons. The highest BCUT2D eigenvalue weighted by atomic mass is 16.8. The number of carboxylic acids is 1. The molecule has 7 aliphatic rings. The number of hydrogen-bond donors (Lipinski definition) is 26. The average molecular weight is 1880 g/mol. The van der Waals surface area contributed by atoms with Crippen molar-refractivity contribution in [3.05, 3.63) is 12.2 Å². The first-order valence-electron chi connectivity index (χ1n) is 46.1. The molecule has 7 heterocycles. The SMILES string of the molecule is CCCCCCCCCCCCC/C=C/[C@@H](O)[C@H](CO[C@@H]1OC(CO)[C@@H](O[C@@H]2OC(CO)[C@H](O)[C@H](O[C@@H]3OC(CO)[C@@H](O[C@@H]4OC(CO)[C@H](O)[C@H](O[C@@H]5OC(CO)[C@@H](O[C@@H]6OC(CO[C@]7(C(=O)O)CC(O)[C@@H](NC(C)=O)C([C@H](O)[C@H](O)CO)O7)[C@H](O)[C@H](O)C6O)[C@H](O)C5NC(C)=O)C4O)[C@H](O)C3NC(C)=O)C2O)[C@H](O)C1O)NC(=O)CCCCCCCCCCCCCCC. The Bertz CT molecular complexity index is 3260. The molecular weight excluding hydrogens is 1730 g/mol. The highest BCUT2D eigenvalue weighted by Gasteiger charge is 2.61. The normalized spacial score (nSPS) is 37.7. The Morgan fingerprint density at radius 2 is 0.777 bits per heavy atom. The Morgan fingerprint density at radius 3 is 1.19 bits per heavy atom. The van der Waals surface area contributed by atoms with Crippen LogP contribution in [0.4, 0.5) is 0 Å². The summed E-state index contributed by atoms with van der Waals surface area (Å²) in [7, 11) is 0. The fourth-order valence-electron chi connectivity index (χ4n) is 17.2. The molecule has 7 saturated heterocycles. The van der Waals surface area contributed by atoms with Gasteiger partial charge < -0.3 is 200 Å². The summed E-state index contributed by atoms with van der Waals surface area (Å²) >= 11 is 0. The number of aliphatic carboxylic acids is 1. The first-order chi connectivity index (χ1) is 62.1. The summed E-state index contributed by atoms with van der Waals surface area (Å²) in [6, 6.07) is -6.57. The molecule has 0 aromatic heterocycles. The van der Waals surface area contributed by atoms with Crippen LogP contribution in [0.15, 0.2) is 12.2 Å². The number of unbranched alkanes of at least 4 members (excludes halogenated alkanes) is 23. The van der Waals surface area contributed by atoms with Crippen molar-refractivity contribution in [2.75, 3.05) is 52.9 Å². The monoisotopic (exact) mass is 1880 g/mol. The largest absolute Gasteiger partial charge is 0.477 e. The molecule has 130 heavy (non-hydrogen) atoms. The number of hydrogen-bond acceptors (Lipinski definition) is 40. The van der Waals surface area contributed by atoms with Gasteiger partial charge in [0.15, 0.2) is 37.7 Å². The smallest absolute Gasteiger partial charge is 0.364 e. The van der Waals surface area contributed by atoms with Gasteiger partial charge in [-0.15, -0.1) is 0 Å². The van der Waals surface area contributed by atoms with Gasteiger partial charge in [-0.2, -0.15) is 0 Å². The second-order valence-corrected chi connectivity index (χ2v) is 35.0. The summed E-state index contributed by atoms with van der Waals surface area (Å²) in [5, 5.41) is 257. The van der Waals surface area contributed by atoms with Crippen LogP contribution in [0, 0.1) is 0 Å². The van der Waals surface area contributed by atoms with E-state index in [-0.39, 0.29) is 12.3 Å². The van der Waals surface area contributed by atoms with Crippen LogP contribution in [0.3, 0.4) is 0 Å². The highest BCUT2D eigenvalue weighted by molar-refractivity contribution is 5.77. The number of aliphatic hydroxyl groups is 21. The van der Waals surface area contributed by atoms with Gasteiger partial charge in [-0.05, 0) is 19.3 Å². The first kappa shape index (κ1) is 113. The van der Waals surface area contributed by atoms with E-state index < -0.39 is 315 Å². The van der Waals surface area contributed by atoms with Crippen molar-refractivity contribution in [2.24, 2.45) is 0 Å². The van der Waals surface area contributed by atoms with Crippen molar-refractivity contribution in [1.29, 1.82) is 0 Å². The number of ether oxygens (including phenoxy) is 14. The molecule has 0 aromatic carbocycles. The van der Waals surface area contributed by atoms with Crippen LogP contribution in [-0.2, 0) is 90.3 Å². The van der Waals surface area contributed by atoms with Gasteiger partial charge in [-0.1, -0.05) is 167 Å². The third-order valence-corrected chi connectivity index (χ3v) is 24.7. The van der Waals surface area contributed by atoms with E-state index in [2.05, 4.69) is 35.1 Å². The van der Waals surface area contributed by atoms with Crippen molar-refractivity contribution in [2.45, 2.75) is 440 Å². The lowest BCUT2D eigenvalue weighted by Crippen LogP contribution is -2.71. The summed E-state index contributed by atoms with van der Waals surface area (Å²) in [6.07, 6.45) is -36.9. The van der Waals surface area contributed by atoms with E-state index in [1.54, 1.807) is 6.08 Å². The summed E-state index contributed by atoms with van der Waals surface area (Å²) in [5.41, 5.74) is 0. The van der Waals surface area contributed by atoms with Crippen LogP contribution >= 0.6 is 0 Å². The van der Waals surface area contributed by atoms with Crippen molar-refractivity contribution in [3.63, 3.8) is 0 Å². The fraction of sp³-hybridized carbons (Fsp3) is 0.918. The van der Waals surface area contributed by atoms with Crippen molar-refractivity contribution in [1.82, 2.24) is 21.3 Å². The van der Waals surface area contributed by atoms with E-state index in [9.17, 15) is 136 Å². The molecule has 4 amide bonds. The second-order valence-electron chi connectivity index (χ2n) is 35.0. The Morgan fingerprint density at radius 1 is 0.408 bits per heavy atom. The summed E-state index contributed by atoms with van der Waals surface area (Å²) in [6.45, 7) is -0.884. The Kier molecular flexibility index (Phi) is 49.5. The molecular formula is C85H150N4O41. The van der Waals surface area contributed by atoms with Gasteiger partial charge in [-0.25, -0.2) is 4.79 Å². The zero-order valence-electron chi connectivity index (χ0n) is 74.9. The highest BCUT2D eigenvalue weighted by Crippen LogP contribution is 2.40. The standard InChI is InChI=1S/C85H150N4O41/c1-6-8-10-12-14-16-18-20-22-24-26-28-30-32-47(99)46(89-56(102)33-31-29-27-25-23-21-19-17-15-13-11-9-7-2)41-117-80-69(112)67(110)74(54(40-95)123-80)127-83-71(114)77(63(106)51(37-92)120-83)129-79-59(88-45(5)98)65(108)73(53(39-94)122-79)126-82-70(113)76(62(105)50(36-91)119-82)128-78-58(87-44(4)97)64(107)72(52(38-93)121-78)125-81-68(111)66(109)61(104)55(124-81)42-118-85(84(115)116)34-48(100)57(86-43(3)96)75(130-85)60(103)49(101)35-90/h30,32,46-55,57-83,90-95,99-101,103-114H,6-29,31,33-42H2,1-5H3,(H,86,96)(H,87,97)(H,88,98)(H,89,102)(H,115,116)/b32-30+/t46-,47+,48?,49+,50?,51?,52?,53?,54?,55?,57+,58?,59?,60+,61-,62-,63-,64+,65+,66-,67+,68?,69?,70?,71?,72+,73+,74+,75?,76-,77-,78-,79-,80+,81-,82-,83-,85+/m0/s1. The van der Waals surface area contributed by atoms with Crippen LogP contribution in [0.5, 0.6) is 0 Å². The van der Waals surface area contributed by atoms with Crippen LogP contribution in [0.1, 0.15) is 208 Å². The number of allylic oxidation sites excluding steroid dienone is 1. The summed E-state index contributed by atoms with van der Waals surface area (Å²) in [4.78, 5) is 64.6. The van der Waals surface area contributed by atoms with E-state index in [1.807, 2.05) is 6.08 Å². The maximum Gasteiger partial charge on any atom is 0.364 e. The zero-order chi connectivity index (χ0) is 95.6. The number of carboxylic acid groups (broad SMARTS) is 1. The van der Waals surface area contributed by atoms with Gasteiger partial charge in [0.2, 0.25) is 23.6 Å². The van der Waals surface area contributed by atoms with Crippen LogP contribution in [0.25, 0.3) is 0 Å². The topological polar surface area (TPSA) is 708 Å². The van der Waals surface area contributed by atoms with Crippen LogP contribution in [0.2, 0.25) is 0 Å². The fourth-order valence-corrected chi connectivity index (χ4v) is 17.2. The lowest BCUT2D eigenvalue weighted by atomic mass is 9.88. The van der Waals surface area contributed by atoms with E-state index in [4.69, 9.17) is 66.3 Å². The van der Waals surface area contributed by atoms with Gasteiger partial charge in [-0.3, -0.25) is 19.2 Å². The van der Waals surface area contributed by atoms with E-state index in [0.717, 1.165) is 78.6 Å². The molecule has 0 spiro atoms. The molecule has 0 bridgehead atoms. The molecule has 0 aliphatic carbocycles. The molecule has 45 nitrogen and oxygen atoms in total. The van der Waals surface area contributed by atoms with E-state index in [1.165, 1.54) is 89.9 Å². The average Bonchev–Trinajstić information content (AvgIpc) is 0.763. The third kappa shape index (κ3) is 32.1. The molecule has 0 aromatic rings. The number of nitrogens with one attached hydrogen (secondary N) is 4. The van der Waals surface area contributed by atoms with Gasteiger partial charge in [0, 0.05) is 33.6 Å². The molecule has 7 fully saturated rings. The minimum absolute atomic E-state index is 0.153. The maximum absolute atomic E-state index is 13.5. The van der Waals surface area contributed by atoms with Crippen molar-refractivity contribution < 1.29 is 203 Å². The predicted molar refractivity (Wildman–Crippen MR) is 446 cm³/mol. The molecule has 7 aliphatic heterocycles. The maximum atomic E-state index is 13.5. The molecule has 0 saturated carbocycles. The molecule has 26 N–H and O–H groups in total. The Hall–Kier alpha value is -4.31. The molecule has 14 unspecified atom stereocenters. The molecule has 756 valence electrons. The molecule has 7 rings (SSSR count). The zero-order valence-corrected chi connectivity index (χ0v) is 74.9. The van der Waals surface area contributed by atoms with Gasteiger partial charge >= 0.3 is 5.97 Å². The van der Waals surface area contributed by atoms with Crippen LogP contribution in [-0.4, -0.2) is 427 Å². The quantitative estimate of drug-likeness (QED) is 0.0199. The van der Waals surface area contributed by atoms with Crippen molar-refractivity contribution >= 4 is 29.6 Å². The summed E-state index contributed by atoms with van der Waals surface area (Å²) in [5.74, 6) is -8.06. The number of carbonyl (C=O) groups is 5.